The largest absolute Gasteiger partial charge is 0.433 e. The van der Waals surface area contributed by atoms with E-state index in [4.69, 9.17) is 0 Å². The number of benzene rings is 1. The predicted molar refractivity (Wildman–Crippen MR) is 82.1 cm³/mol. The van der Waals surface area contributed by atoms with Gasteiger partial charge in [-0.05, 0) is 35.7 Å². The fourth-order valence-corrected chi connectivity index (χ4v) is 2.69. The molecule has 126 valence electrons. The van der Waals surface area contributed by atoms with Crippen LogP contribution in [0.5, 0.6) is 0 Å². The highest BCUT2D eigenvalue weighted by Crippen LogP contribution is 2.28. The van der Waals surface area contributed by atoms with Crippen LogP contribution in [0.25, 0.3) is 0 Å². The van der Waals surface area contributed by atoms with Crippen molar-refractivity contribution in [2.75, 3.05) is 0 Å². The molecule has 2 heterocycles. The fourth-order valence-electron chi connectivity index (χ4n) is 2.69. The van der Waals surface area contributed by atoms with Gasteiger partial charge in [-0.1, -0.05) is 18.2 Å². The van der Waals surface area contributed by atoms with E-state index in [1.807, 2.05) is 18.2 Å². The molecule has 1 aromatic heterocycles. The van der Waals surface area contributed by atoms with Gasteiger partial charge in [-0.25, -0.2) is 4.98 Å². The summed E-state index contributed by atoms with van der Waals surface area (Å²) in [7, 11) is 0. The smallest absolute Gasteiger partial charge is 0.348 e. The van der Waals surface area contributed by atoms with E-state index in [2.05, 4.69) is 15.6 Å². The summed E-state index contributed by atoms with van der Waals surface area (Å²) in [6.07, 6.45) is -4.52. The van der Waals surface area contributed by atoms with Gasteiger partial charge in [-0.2, -0.15) is 13.2 Å². The molecule has 0 saturated heterocycles. The Morgan fingerprint density at radius 3 is 2.67 bits per heavy atom. The zero-order chi connectivity index (χ0) is 17.3. The van der Waals surface area contributed by atoms with E-state index in [1.54, 1.807) is 0 Å². The number of alkyl halides is 3. The van der Waals surface area contributed by atoms with Crippen molar-refractivity contribution in [2.45, 2.75) is 32.7 Å². The first-order valence-electron chi connectivity index (χ1n) is 7.49. The van der Waals surface area contributed by atoms with E-state index in [0.717, 1.165) is 30.8 Å². The summed E-state index contributed by atoms with van der Waals surface area (Å²) in [5, 5.41) is 5.97. The van der Waals surface area contributed by atoms with Crippen LogP contribution in [0.4, 0.5) is 13.2 Å². The Morgan fingerprint density at radius 2 is 1.96 bits per heavy atom. The van der Waals surface area contributed by atoms with Crippen LogP contribution < -0.4 is 10.6 Å². The van der Waals surface area contributed by atoms with Crippen LogP contribution in [-0.2, 0) is 25.8 Å². The van der Waals surface area contributed by atoms with Gasteiger partial charge in [-0.3, -0.25) is 4.79 Å². The number of halogens is 3. The van der Waals surface area contributed by atoms with Gasteiger partial charge < -0.3 is 10.6 Å². The molecular weight excluding hydrogens is 319 g/mol. The van der Waals surface area contributed by atoms with Crippen LogP contribution in [0.15, 0.2) is 30.3 Å². The lowest BCUT2D eigenvalue weighted by molar-refractivity contribution is -0.141. The van der Waals surface area contributed by atoms with Crippen LogP contribution >= 0.6 is 0 Å². The van der Waals surface area contributed by atoms with Crippen molar-refractivity contribution in [2.24, 2.45) is 0 Å². The number of pyridine rings is 1. The number of hydrogen-bond donors (Lipinski definition) is 2. The van der Waals surface area contributed by atoms with E-state index >= 15 is 0 Å². The number of rotatable bonds is 3. The van der Waals surface area contributed by atoms with Gasteiger partial charge in [0.1, 0.15) is 5.69 Å². The van der Waals surface area contributed by atoms with Crippen LogP contribution in [0.1, 0.15) is 38.4 Å². The lowest BCUT2D eigenvalue weighted by Gasteiger charge is -2.11. The Morgan fingerprint density at radius 1 is 1.21 bits per heavy atom. The molecule has 1 amide bonds. The Labute approximate surface area is 137 Å². The minimum absolute atomic E-state index is 0.0560. The molecule has 0 bridgehead atoms. The first kappa shape index (κ1) is 16.4. The van der Waals surface area contributed by atoms with Gasteiger partial charge >= 0.3 is 6.18 Å². The molecule has 0 saturated carbocycles. The lowest BCUT2D eigenvalue weighted by Crippen LogP contribution is -2.24. The molecule has 0 atom stereocenters. The van der Waals surface area contributed by atoms with Crippen molar-refractivity contribution in [3.63, 3.8) is 0 Å². The average Bonchev–Trinajstić information content (AvgIpc) is 2.99. The summed E-state index contributed by atoms with van der Waals surface area (Å²) in [6.45, 7) is 3.36. The molecule has 0 spiro atoms. The van der Waals surface area contributed by atoms with Crippen LogP contribution in [0, 0.1) is 6.92 Å². The number of aromatic nitrogens is 1. The second kappa shape index (κ2) is 6.24. The molecular formula is C17H16F3N3O. The summed E-state index contributed by atoms with van der Waals surface area (Å²) in [4.78, 5) is 15.7. The standard InChI is InChI=1S/C17H16F3N3O/c1-10-14(4-5-15(23-10)17(18,19)20)16(24)22-7-11-2-3-12-8-21-9-13(12)6-11/h2-6,21H,7-9H2,1H3,(H,22,24). The molecule has 2 N–H and O–H groups in total. The second-order valence-electron chi connectivity index (χ2n) is 5.72. The number of nitrogens with zero attached hydrogens (tertiary/aromatic N) is 1. The van der Waals surface area contributed by atoms with Crippen molar-refractivity contribution in [3.8, 4) is 0 Å². The maximum Gasteiger partial charge on any atom is 0.433 e. The van der Waals surface area contributed by atoms with E-state index in [-0.39, 0.29) is 11.3 Å². The fraction of sp³-hybridized carbons (Fsp3) is 0.294. The Bertz CT molecular complexity index is 787. The summed E-state index contributed by atoms with van der Waals surface area (Å²) >= 11 is 0. The van der Waals surface area contributed by atoms with Gasteiger partial charge in [0.2, 0.25) is 0 Å². The summed E-state index contributed by atoms with van der Waals surface area (Å²) < 4.78 is 37.8. The molecule has 4 nitrogen and oxygen atoms in total. The third-order valence-electron chi connectivity index (χ3n) is 3.98. The molecule has 24 heavy (non-hydrogen) atoms. The van der Waals surface area contributed by atoms with Crippen molar-refractivity contribution < 1.29 is 18.0 Å². The highest BCUT2D eigenvalue weighted by Gasteiger charge is 2.33. The van der Waals surface area contributed by atoms with E-state index < -0.39 is 17.8 Å². The number of carbonyl (C=O) groups excluding carboxylic acids is 1. The van der Waals surface area contributed by atoms with Gasteiger partial charge in [0.15, 0.2) is 0 Å². The Kier molecular flexibility index (Phi) is 4.28. The molecule has 0 unspecified atom stereocenters. The average molecular weight is 335 g/mol. The number of fused-ring (bicyclic) bond motifs is 1. The zero-order valence-electron chi connectivity index (χ0n) is 13.0. The predicted octanol–water partition coefficient (Wildman–Crippen LogP) is 2.94. The van der Waals surface area contributed by atoms with Crippen LogP contribution in [0.3, 0.4) is 0 Å². The van der Waals surface area contributed by atoms with Crippen molar-refractivity contribution in [3.05, 3.63) is 64.0 Å². The topological polar surface area (TPSA) is 54.0 Å². The van der Waals surface area contributed by atoms with Gasteiger partial charge in [0.25, 0.3) is 5.91 Å². The molecule has 1 aliphatic rings. The summed E-state index contributed by atoms with van der Waals surface area (Å²) in [5.74, 6) is -0.438. The van der Waals surface area contributed by atoms with Crippen molar-refractivity contribution >= 4 is 5.91 Å². The van der Waals surface area contributed by atoms with E-state index in [1.165, 1.54) is 18.1 Å². The van der Waals surface area contributed by atoms with Gasteiger partial charge in [0.05, 0.1) is 11.3 Å². The molecule has 3 rings (SSSR count). The molecule has 0 fully saturated rings. The third kappa shape index (κ3) is 3.41. The molecule has 7 heteroatoms. The number of hydrogen-bond acceptors (Lipinski definition) is 3. The first-order chi connectivity index (χ1) is 11.3. The Hall–Kier alpha value is -2.41. The number of carbonyl (C=O) groups is 1. The Balaban J connectivity index is 1.69. The van der Waals surface area contributed by atoms with Crippen LogP contribution in [0.2, 0.25) is 0 Å². The normalized spacial score (nSPS) is 13.7. The number of nitrogens with one attached hydrogen (secondary N) is 2. The first-order valence-corrected chi connectivity index (χ1v) is 7.49. The molecule has 1 aliphatic heterocycles. The highest BCUT2D eigenvalue weighted by molar-refractivity contribution is 5.95. The second-order valence-corrected chi connectivity index (χ2v) is 5.72. The van der Waals surface area contributed by atoms with Gasteiger partial charge in [-0.15, -0.1) is 0 Å². The lowest BCUT2D eigenvalue weighted by atomic mass is 10.1. The molecule has 2 aromatic rings. The third-order valence-corrected chi connectivity index (χ3v) is 3.98. The summed E-state index contributed by atoms with van der Waals surface area (Å²) in [6, 6.07) is 7.95. The van der Waals surface area contributed by atoms with Crippen molar-refractivity contribution in [1.82, 2.24) is 15.6 Å². The molecule has 1 aromatic carbocycles. The minimum Gasteiger partial charge on any atom is -0.348 e. The maximum absolute atomic E-state index is 12.6. The highest BCUT2D eigenvalue weighted by atomic mass is 19.4. The SMILES string of the molecule is Cc1nc(C(F)(F)F)ccc1C(=O)NCc1ccc2c(c1)CNC2. The zero-order valence-corrected chi connectivity index (χ0v) is 13.0. The van der Waals surface area contributed by atoms with E-state index in [9.17, 15) is 18.0 Å². The van der Waals surface area contributed by atoms with Crippen molar-refractivity contribution in [1.29, 1.82) is 0 Å². The van der Waals surface area contributed by atoms with Gasteiger partial charge in [0, 0.05) is 19.6 Å². The quantitative estimate of drug-likeness (QED) is 0.907. The monoisotopic (exact) mass is 335 g/mol. The molecule has 0 radical (unpaired) electrons. The maximum atomic E-state index is 12.6. The summed E-state index contributed by atoms with van der Waals surface area (Å²) in [5.41, 5.74) is 2.60. The minimum atomic E-state index is -4.52. The number of aryl methyl sites for hydroxylation is 1. The van der Waals surface area contributed by atoms with Crippen LogP contribution in [-0.4, -0.2) is 10.9 Å². The number of amides is 1. The van der Waals surface area contributed by atoms with E-state index in [0.29, 0.717) is 6.54 Å². The molecule has 0 aliphatic carbocycles.